The van der Waals surface area contributed by atoms with Gasteiger partial charge in [-0.2, -0.15) is 0 Å². The minimum Gasteiger partial charge on any atom is -0.373 e. The van der Waals surface area contributed by atoms with Gasteiger partial charge in [0.1, 0.15) is 0 Å². The van der Waals surface area contributed by atoms with E-state index in [1.807, 2.05) is 0 Å². The summed E-state index contributed by atoms with van der Waals surface area (Å²) in [5.41, 5.74) is 2.56. The highest BCUT2D eigenvalue weighted by Crippen LogP contribution is 2.32. The number of rotatable bonds is 0. The number of aromatic nitrogens is 1. The quantitative estimate of drug-likeness (QED) is 0.678. The maximum atomic E-state index is 5.48. The van der Waals surface area contributed by atoms with Crippen molar-refractivity contribution >= 4 is 41.4 Å². The first-order valence-corrected chi connectivity index (χ1v) is 6.28. The number of nitrogens with zero attached hydrogens (tertiary/aromatic N) is 1. The van der Waals surface area contributed by atoms with Gasteiger partial charge in [0.05, 0.1) is 24.4 Å². The highest BCUT2D eigenvalue weighted by atomic mass is 79.9. The summed E-state index contributed by atoms with van der Waals surface area (Å²) in [6.45, 7) is 2.47. The molecule has 0 saturated carbocycles. The Morgan fingerprint density at radius 2 is 2.27 bits per heavy atom. The fourth-order valence-corrected chi connectivity index (χ4v) is 3.02. The molecule has 15 heavy (non-hydrogen) atoms. The summed E-state index contributed by atoms with van der Waals surface area (Å²) >= 11 is 3.65. The number of halogens is 1. The summed E-state index contributed by atoms with van der Waals surface area (Å²) in [7, 11) is 2.74. The van der Waals surface area contributed by atoms with E-state index in [0.717, 1.165) is 13.2 Å². The Kier molecular flexibility index (Phi) is 2.35. The van der Waals surface area contributed by atoms with Gasteiger partial charge in [-0.3, -0.25) is 0 Å². The lowest BCUT2D eigenvalue weighted by Crippen LogP contribution is -2.16. The zero-order valence-corrected chi connectivity index (χ0v) is 10.9. The molecule has 78 valence electrons. The molecule has 1 aliphatic rings. The fourth-order valence-electron chi connectivity index (χ4n) is 2.10. The van der Waals surface area contributed by atoms with E-state index in [9.17, 15) is 0 Å². The predicted octanol–water partition coefficient (Wildman–Crippen LogP) is 2.43. The van der Waals surface area contributed by atoms with Gasteiger partial charge in [0.25, 0.3) is 0 Å². The first-order valence-electron chi connectivity index (χ1n) is 4.91. The number of ether oxygens (including phenoxy) is 1. The Morgan fingerprint density at radius 3 is 3.13 bits per heavy atom. The molecular weight excluding hydrogens is 273 g/mol. The van der Waals surface area contributed by atoms with Gasteiger partial charge in [-0.1, -0.05) is 12.1 Å². The summed E-state index contributed by atoms with van der Waals surface area (Å²) in [6, 6.07) is 6.48. The molecule has 0 N–H and O–H groups in total. The highest BCUT2D eigenvalue weighted by molar-refractivity contribution is 9.10. The average molecular weight is 284 g/mol. The van der Waals surface area contributed by atoms with Gasteiger partial charge in [0.2, 0.25) is 0 Å². The van der Waals surface area contributed by atoms with Crippen molar-refractivity contribution in [3.8, 4) is 0 Å². The van der Waals surface area contributed by atoms with E-state index in [2.05, 4.69) is 47.9 Å². The van der Waals surface area contributed by atoms with Crippen LogP contribution in [0.15, 0.2) is 22.7 Å². The summed E-state index contributed by atoms with van der Waals surface area (Å²) < 4.78 is 9.01. The molecule has 0 bridgehead atoms. The van der Waals surface area contributed by atoms with Crippen LogP contribution in [0.4, 0.5) is 0 Å². The van der Waals surface area contributed by atoms with Crippen molar-refractivity contribution in [1.29, 1.82) is 0 Å². The third-order valence-electron chi connectivity index (χ3n) is 2.83. The summed E-state index contributed by atoms with van der Waals surface area (Å²) in [5.74, 6) is 0. The molecule has 4 heteroatoms. The van der Waals surface area contributed by atoms with E-state index < -0.39 is 0 Å². The molecule has 0 radical (unpaired) electrons. The van der Waals surface area contributed by atoms with Crippen LogP contribution in [0, 0.1) is 0 Å². The maximum absolute atomic E-state index is 5.48. The van der Waals surface area contributed by atoms with Gasteiger partial charge in [-0.25, -0.2) is 0 Å². The summed E-state index contributed by atoms with van der Waals surface area (Å²) in [4.78, 5) is 0. The molecule has 1 aliphatic heterocycles. The molecule has 0 amide bonds. The SMILES string of the molecule is Pc1ccc2c(Br)c3n(c2c1)CCOC3. The molecule has 0 spiro atoms. The van der Waals surface area contributed by atoms with Gasteiger partial charge < -0.3 is 9.30 Å². The molecular formula is C11H11BrNOP. The van der Waals surface area contributed by atoms with Crippen molar-refractivity contribution in [3.63, 3.8) is 0 Å². The first-order chi connectivity index (χ1) is 7.27. The molecule has 0 saturated heterocycles. The van der Waals surface area contributed by atoms with E-state index in [4.69, 9.17) is 4.74 Å². The number of hydrogen-bond donors (Lipinski definition) is 0. The van der Waals surface area contributed by atoms with Gasteiger partial charge in [0, 0.05) is 16.4 Å². The molecule has 0 aliphatic carbocycles. The van der Waals surface area contributed by atoms with Crippen molar-refractivity contribution in [2.45, 2.75) is 13.2 Å². The maximum Gasteiger partial charge on any atom is 0.0880 e. The molecule has 2 aromatic rings. The van der Waals surface area contributed by atoms with Crippen molar-refractivity contribution in [1.82, 2.24) is 4.57 Å². The van der Waals surface area contributed by atoms with Crippen molar-refractivity contribution in [3.05, 3.63) is 28.4 Å². The number of benzene rings is 1. The normalized spacial score (nSPS) is 15.6. The van der Waals surface area contributed by atoms with Gasteiger partial charge >= 0.3 is 0 Å². The van der Waals surface area contributed by atoms with Crippen LogP contribution in [0.1, 0.15) is 5.69 Å². The van der Waals surface area contributed by atoms with E-state index >= 15 is 0 Å². The lowest BCUT2D eigenvalue weighted by atomic mass is 10.2. The van der Waals surface area contributed by atoms with Crippen LogP contribution in [0.2, 0.25) is 0 Å². The minimum absolute atomic E-state index is 0.710. The van der Waals surface area contributed by atoms with E-state index in [1.165, 1.54) is 26.4 Å². The highest BCUT2D eigenvalue weighted by Gasteiger charge is 2.18. The Hall–Kier alpha value is -0.370. The Bertz CT molecular complexity index is 535. The summed E-state index contributed by atoms with van der Waals surface area (Å²) in [6.07, 6.45) is 0. The van der Waals surface area contributed by atoms with Gasteiger partial charge in [0.15, 0.2) is 0 Å². The average Bonchev–Trinajstić information content (AvgIpc) is 2.54. The Balaban J connectivity index is 2.39. The zero-order valence-electron chi connectivity index (χ0n) is 8.16. The van der Waals surface area contributed by atoms with Crippen LogP contribution < -0.4 is 5.30 Å². The molecule has 1 atom stereocenters. The van der Waals surface area contributed by atoms with Crippen molar-refractivity contribution in [2.75, 3.05) is 6.61 Å². The van der Waals surface area contributed by atoms with Crippen LogP contribution in [-0.4, -0.2) is 11.2 Å². The molecule has 1 aromatic carbocycles. The van der Waals surface area contributed by atoms with E-state index in [-0.39, 0.29) is 0 Å². The standard InChI is InChI=1S/C11H11BrNOP/c12-11-8-2-1-7(15)5-9(8)13-3-4-14-6-10(11)13/h1-2,5H,3-4,6,15H2. The van der Waals surface area contributed by atoms with E-state index in [1.54, 1.807) is 0 Å². The van der Waals surface area contributed by atoms with Gasteiger partial charge in [-0.15, -0.1) is 9.24 Å². The molecule has 1 unspecified atom stereocenters. The van der Waals surface area contributed by atoms with Crippen LogP contribution >= 0.6 is 25.2 Å². The van der Waals surface area contributed by atoms with Crippen molar-refractivity contribution in [2.24, 2.45) is 0 Å². The second kappa shape index (κ2) is 3.58. The second-order valence-electron chi connectivity index (χ2n) is 3.74. The Labute approximate surface area is 98.9 Å². The Morgan fingerprint density at radius 1 is 1.40 bits per heavy atom. The lowest BCUT2D eigenvalue weighted by Gasteiger charge is -2.16. The second-order valence-corrected chi connectivity index (χ2v) is 5.20. The zero-order chi connectivity index (χ0) is 10.4. The topological polar surface area (TPSA) is 14.2 Å². The number of hydrogen-bond acceptors (Lipinski definition) is 1. The molecule has 1 aromatic heterocycles. The molecule has 0 fully saturated rings. The van der Waals surface area contributed by atoms with Crippen molar-refractivity contribution < 1.29 is 4.74 Å². The first kappa shape index (κ1) is 9.83. The minimum atomic E-state index is 0.710. The monoisotopic (exact) mass is 283 g/mol. The molecule has 3 rings (SSSR count). The van der Waals surface area contributed by atoms with Crippen LogP contribution in [-0.2, 0) is 17.9 Å². The lowest BCUT2D eigenvalue weighted by molar-refractivity contribution is 0.0859. The van der Waals surface area contributed by atoms with E-state index in [0.29, 0.717) is 6.61 Å². The fraction of sp³-hybridized carbons (Fsp3) is 0.273. The third-order valence-corrected chi connectivity index (χ3v) is 4.07. The van der Waals surface area contributed by atoms with Crippen LogP contribution in [0.25, 0.3) is 10.9 Å². The van der Waals surface area contributed by atoms with Crippen LogP contribution in [0.3, 0.4) is 0 Å². The number of fused-ring (bicyclic) bond motifs is 3. The predicted molar refractivity (Wildman–Crippen MR) is 68.6 cm³/mol. The smallest absolute Gasteiger partial charge is 0.0880 e. The summed E-state index contributed by atoms with van der Waals surface area (Å²) in [5, 5.41) is 2.50. The molecule has 2 nitrogen and oxygen atoms in total. The largest absolute Gasteiger partial charge is 0.373 e. The van der Waals surface area contributed by atoms with Crippen LogP contribution in [0.5, 0.6) is 0 Å². The third kappa shape index (κ3) is 1.45. The molecule has 2 heterocycles. The van der Waals surface area contributed by atoms with Gasteiger partial charge in [-0.05, 0) is 27.3 Å².